The molecule has 7 heteroatoms. The number of nitrogens with zero attached hydrogens (tertiary/aromatic N) is 4. The van der Waals surface area contributed by atoms with Gasteiger partial charge in [-0.05, 0) is 26.3 Å². The van der Waals surface area contributed by atoms with Crippen molar-refractivity contribution in [3.05, 3.63) is 35.4 Å². The monoisotopic (exact) mass is 305 g/mol. The predicted octanol–water partition coefficient (Wildman–Crippen LogP) is 0.836. The van der Waals surface area contributed by atoms with Crippen LogP contribution < -0.4 is 5.32 Å². The SMILES string of the molecule is CCc1cc(C(=O)NC(C)(C)c2cnn(C)c2)nn1CCO. The van der Waals surface area contributed by atoms with E-state index in [1.807, 2.05) is 34.0 Å². The minimum absolute atomic E-state index is 0.00306. The molecule has 2 heterocycles. The summed E-state index contributed by atoms with van der Waals surface area (Å²) >= 11 is 0. The van der Waals surface area contributed by atoms with Crippen LogP contribution in [0.1, 0.15) is 42.5 Å². The zero-order valence-electron chi connectivity index (χ0n) is 13.5. The standard InChI is InChI=1S/C15H23N5O2/c1-5-12-8-13(18-20(12)6-7-21)14(22)17-15(2,3)11-9-16-19(4)10-11/h8-10,21H,5-7H2,1-4H3,(H,17,22). The molecule has 1 amide bonds. The Balaban J connectivity index is 2.18. The molecule has 0 aliphatic rings. The maximum atomic E-state index is 12.4. The molecule has 7 nitrogen and oxygen atoms in total. The predicted molar refractivity (Wildman–Crippen MR) is 82.4 cm³/mol. The van der Waals surface area contributed by atoms with Crippen molar-refractivity contribution in [2.45, 2.75) is 39.3 Å². The first kappa shape index (κ1) is 16.2. The van der Waals surface area contributed by atoms with Crippen LogP contribution in [0.15, 0.2) is 18.5 Å². The Morgan fingerprint density at radius 1 is 1.45 bits per heavy atom. The fourth-order valence-electron chi connectivity index (χ4n) is 2.30. The summed E-state index contributed by atoms with van der Waals surface area (Å²) in [5.74, 6) is -0.236. The van der Waals surface area contributed by atoms with Crippen molar-refractivity contribution in [3.63, 3.8) is 0 Å². The number of aromatic nitrogens is 4. The number of nitrogens with one attached hydrogen (secondary N) is 1. The van der Waals surface area contributed by atoms with Gasteiger partial charge in [-0.1, -0.05) is 6.92 Å². The van der Waals surface area contributed by atoms with E-state index in [1.165, 1.54) is 0 Å². The Bertz CT molecular complexity index is 657. The Hall–Kier alpha value is -2.15. The van der Waals surface area contributed by atoms with E-state index >= 15 is 0 Å². The molecule has 0 aliphatic carbocycles. The van der Waals surface area contributed by atoms with Crippen molar-refractivity contribution in [1.82, 2.24) is 24.9 Å². The highest BCUT2D eigenvalue weighted by atomic mass is 16.3. The van der Waals surface area contributed by atoms with Crippen LogP contribution in [0.5, 0.6) is 0 Å². The average molecular weight is 305 g/mol. The van der Waals surface area contributed by atoms with Crippen molar-refractivity contribution in [3.8, 4) is 0 Å². The zero-order valence-corrected chi connectivity index (χ0v) is 13.5. The summed E-state index contributed by atoms with van der Waals surface area (Å²) in [6, 6.07) is 1.77. The quantitative estimate of drug-likeness (QED) is 0.828. The van der Waals surface area contributed by atoms with Gasteiger partial charge in [0.05, 0.1) is 24.9 Å². The maximum absolute atomic E-state index is 12.4. The highest BCUT2D eigenvalue weighted by Gasteiger charge is 2.26. The number of carbonyl (C=O) groups is 1. The lowest BCUT2D eigenvalue weighted by Crippen LogP contribution is -2.41. The van der Waals surface area contributed by atoms with Gasteiger partial charge >= 0.3 is 0 Å². The fourth-order valence-corrected chi connectivity index (χ4v) is 2.30. The van der Waals surface area contributed by atoms with Crippen LogP contribution in [-0.4, -0.2) is 37.2 Å². The highest BCUT2D eigenvalue weighted by Crippen LogP contribution is 2.19. The number of carbonyl (C=O) groups excluding carboxylic acids is 1. The van der Waals surface area contributed by atoms with Gasteiger partial charge in [0.25, 0.3) is 5.91 Å². The van der Waals surface area contributed by atoms with Crippen LogP contribution in [0.2, 0.25) is 0 Å². The Morgan fingerprint density at radius 2 is 2.18 bits per heavy atom. The summed E-state index contributed by atoms with van der Waals surface area (Å²) < 4.78 is 3.38. The van der Waals surface area contributed by atoms with Gasteiger partial charge in [0.2, 0.25) is 0 Å². The summed E-state index contributed by atoms with van der Waals surface area (Å²) in [5.41, 5.74) is 1.67. The van der Waals surface area contributed by atoms with Crippen LogP contribution >= 0.6 is 0 Å². The maximum Gasteiger partial charge on any atom is 0.272 e. The second-order valence-electron chi connectivity index (χ2n) is 5.80. The minimum Gasteiger partial charge on any atom is -0.394 e. The first-order valence-electron chi connectivity index (χ1n) is 7.36. The van der Waals surface area contributed by atoms with Gasteiger partial charge in [-0.3, -0.25) is 14.2 Å². The van der Waals surface area contributed by atoms with E-state index in [0.29, 0.717) is 12.2 Å². The highest BCUT2D eigenvalue weighted by molar-refractivity contribution is 5.93. The van der Waals surface area contributed by atoms with E-state index in [9.17, 15) is 4.79 Å². The first-order valence-corrected chi connectivity index (χ1v) is 7.36. The largest absolute Gasteiger partial charge is 0.394 e. The van der Waals surface area contributed by atoms with Crippen LogP contribution in [0.4, 0.5) is 0 Å². The molecule has 2 N–H and O–H groups in total. The number of aliphatic hydroxyl groups excluding tert-OH is 1. The smallest absolute Gasteiger partial charge is 0.272 e. The lowest BCUT2D eigenvalue weighted by Gasteiger charge is -2.24. The lowest BCUT2D eigenvalue weighted by atomic mass is 9.97. The molecular formula is C15H23N5O2. The van der Waals surface area contributed by atoms with Gasteiger partial charge in [-0.25, -0.2) is 0 Å². The van der Waals surface area contributed by atoms with Crippen molar-refractivity contribution >= 4 is 5.91 Å². The van der Waals surface area contributed by atoms with E-state index in [-0.39, 0.29) is 12.5 Å². The Morgan fingerprint density at radius 3 is 2.73 bits per heavy atom. The molecule has 0 atom stereocenters. The average Bonchev–Trinajstić information content (AvgIpc) is 3.05. The third-order valence-corrected chi connectivity index (χ3v) is 3.62. The second kappa shape index (κ2) is 6.31. The summed E-state index contributed by atoms with van der Waals surface area (Å²) in [5, 5.41) is 20.4. The van der Waals surface area contributed by atoms with Gasteiger partial charge in [-0.15, -0.1) is 0 Å². The van der Waals surface area contributed by atoms with E-state index < -0.39 is 5.54 Å². The molecule has 2 aromatic heterocycles. The van der Waals surface area contributed by atoms with Crippen LogP contribution in [0, 0.1) is 0 Å². The van der Waals surface area contributed by atoms with E-state index in [1.54, 1.807) is 21.6 Å². The normalized spacial score (nSPS) is 11.7. The second-order valence-corrected chi connectivity index (χ2v) is 5.80. The van der Waals surface area contributed by atoms with Crippen molar-refractivity contribution < 1.29 is 9.90 Å². The number of hydrogen-bond acceptors (Lipinski definition) is 4. The van der Waals surface area contributed by atoms with E-state index in [2.05, 4.69) is 15.5 Å². The van der Waals surface area contributed by atoms with E-state index in [0.717, 1.165) is 17.7 Å². The Labute approximate surface area is 129 Å². The van der Waals surface area contributed by atoms with Crippen LogP contribution in [-0.2, 0) is 25.6 Å². The molecule has 0 saturated heterocycles. The molecule has 0 radical (unpaired) electrons. The van der Waals surface area contributed by atoms with Gasteiger partial charge in [0.1, 0.15) is 5.69 Å². The molecule has 0 spiro atoms. The summed E-state index contributed by atoms with van der Waals surface area (Å²) in [6.45, 7) is 6.23. The third kappa shape index (κ3) is 3.36. The zero-order chi connectivity index (χ0) is 16.3. The molecule has 0 fully saturated rings. The molecule has 2 aromatic rings. The molecule has 0 bridgehead atoms. The molecule has 120 valence electrons. The molecule has 0 saturated carbocycles. The number of amides is 1. The van der Waals surface area contributed by atoms with Crippen LogP contribution in [0.25, 0.3) is 0 Å². The molecule has 0 aromatic carbocycles. The number of hydrogen-bond donors (Lipinski definition) is 2. The molecular weight excluding hydrogens is 282 g/mol. The van der Waals surface area contributed by atoms with Gasteiger partial charge in [0.15, 0.2) is 0 Å². The number of aryl methyl sites for hydroxylation is 2. The minimum atomic E-state index is -0.543. The van der Waals surface area contributed by atoms with E-state index in [4.69, 9.17) is 5.11 Å². The fraction of sp³-hybridized carbons (Fsp3) is 0.533. The van der Waals surface area contributed by atoms with Crippen LogP contribution in [0.3, 0.4) is 0 Å². The van der Waals surface area contributed by atoms with Gasteiger partial charge < -0.3 is 10.4 Å². The molecule has 22 heavy (non-hydrogen) atoms. The van der Waals surface area contributed by atoms with Gasteiger partial charge in [0, 0.05) is 24.5 Å². The lowest BCUT2D eigenvalue weighted by molar-refractivity contribution is 0.0905. The summed E-state index contributed by atoms with van der Waals surface area (Å²) in [6.07, 6.45) is 4.37. The first-order chi connectivity index (χ1) is 10.4. The van der Waals surface area contributed by atoms with Crippen molar-refractivity contribution in [2.75, 3.05) is 6.61 Å². The third-order valence-electron chi connectivity index (χ3n) is 3.62. The summed E-state index contributed by atoms with van der Waals surface area (Å²) in [4.78, 5) is 12.4. The number of rotatable bonds is 6. The topological polar surface area (TPSA) is 85.0 Å². The molecule has 0 unspecified atom stereocenters. The molecule has 0 aliphatic heterocycles. The molecule has 2 rings (SSSR count). The van der Waals surface area contributed by atoms with Crippen molar-refractivity contribution in [2.24, 2.45) is 7.05 Å². The Kier molecular flexibility index (Phi) is 4.65. The number of aliphatic hydroxyl groups is 1. The summed E-state index contributed by atoms with van der Waals surface area (Å²) in [7, 11) is 1.84. The van der Waals surface area contributed by atoms with Crippen molar-refractivity contribution in [1.29, 1.82) is 0 Å². The van der Waals surface area contributed by atoms with Gasteiger partial charge in [-0.2, -0.15) is 10.2 Å².